The van der Waals surface area contributed by atoms with Crippen LogP contribution in [0.15, 0.2) is 12.2 Å². The fourth-order valence-electron chi connectivity index (χ4n) is 0.762. The van der Waals surface area contributed by atoms with Crippen LogP contribution in [0, 0.1) is 0 Å². The summed E-state index contributed by atoms with van der Waals surface area (Å²) in [5.41, 5.74) is 0. The molecule has 0 aliphatic heterocycles. The Morgan fingerprint density at radius 1 is 1.09 bits per heavy atom. The average Bonchev–Trinajstić information content (AvgIpc) is 2.08. The van der Waals surface area contributed by atoms with Gasteiger partial charge in [0.1, 0.15) is 0 Å². The topological polar surface area (TPSA) is 27.7 Å². The maximum atomic E-state index is 5.18. The van der Waals surface area contributed by atoms with E-state index < -0.39 is 8.80 Å². The van der Waals surface area contributed by atoms with E-state index in [1.807, 2.05) is 19.1 Å². The van der Waals surface area contributed by atoms with Crippen molar-refractivity contribution in [3.05, 3.63) is 12.2 Å². The zero-order valence-electron chi connectivity index (χ0n) is 7.59. The summed E-state index contributed by atoms with van der Waals surface area (Å²) >= 11 is 0. The van der Waals surface area contributed by atoms with Crippen LogP contribution in [0.25, 0.3) is 0 Å². The van der Waals surface area contributed by atoms with E-state index in [0.717, 1.165) is 6.04 Å². The van der Waals surface area contributed by atoms with Gasteiger partial charge >= 0.3 is 8.80 Å². The van der Waals surface area contributed by atoms with E-state index in [0.29, 0.717) is 0 Å². The lowest BCUT2D eigenvalue weighted by atomic mass is 10.6. The van der Waals surface area contributed by atoms with Crippen LogP contribution in [0.3, 0.4) is 0 Å². The third-order valence-electron chi connectivity index (χ3n) is 1.54. The highest BCUT2D eigenvalue weighted by molar-refractivity contribution is 6.61. The molecule has 11 heavy (non-hydrogen) atoms. The molecule has 0 atom stereocenters. The molecule has 0 saturated heterocycles. The number of hydrogen-bond acceptors (Lipinski definition) is 3. The van der Waals surface area contributed by atoms with Gasteiger partial charge in [-0.3, -0.25) is 0 Å². The van der Waals surface area contributed by atoms with Crippen LogP contribution in [-0.2, 0) is 13.3 Å². The average molecular weight is 176 g/mol. The normalized spacial score (nSPS) is 12.7. The Bertz CT molecular complexity index is 113. The quantitative estimate of drug-likeness (QED) is 0.468. The highest BCUT2D eigenvalue weighted by atomic mass is 28.4. The molecule has 0 amide bonds. The van der Waals surface area contributed by atoms with E-state index in [9.17, 15) is 0 Å². The fourth-order valence-corrected chi connectivity index (χ4v) is 2.29. The van der Waals surface area contributed by atoms with Crippen LogP contribution in [0.4, 0.5) is 0 Å². The third-order valence-corrected chi connectivity index (χ3v) is 4.14. The zero-order chi connectivity index (χ0) is 8.74. The molecule has 0 aliphatic carbocycles. The molecule has 0 N–H and O–H groups in total. The second-order valence-electron chi connectivity index (χ2n) is 2.07. The van der Waals surface area contributed by atoms with E-state index >= 15 is 0 Å². The lowest BCUT2D eigenvalue weighted by Crippen LogP contribution is -2.42. The summed E-state index contributed by atoms with van der Waals surface area (Å²) in [6, 6.07) is 0.729. The van der Waals surface area contributed by atoms with E-state index in [1.54, 1.807) is 21.3 Å². The first kappa shape index (κ1) is 10.8. The Kier molecular flexibility index (Phi) is 5.40. The SMILES string of the molecule is CC=CC[Si](OC)(OC)OC. The Morgan fingerprint density at radius 2 is 1.55 bits per heavy atom. The van der Waals surface area contributed by atoms with Gasteiger partial charge in [-0.25, -0.2) is 0 Å². The van der Waals surface area contributed by atoms with E-state index in [4.69, 9.17) is 13.3 Å². The number of rotatable bonds is 5. The maximum Gasteiger partial charge on any atom is 0.504 e. The van der Waals surface area contributed by atoms with Gasteiger partial charge in [0.05, 0.1) is 0 Å². The third kappa shape index (κ3) is 3.16. The molecule has 3 nitrogen and oxygen atoms in total. The first-order valence-electron chi connectivity index (χ1n) is 3.51. The van der Waals surface area contributed by atoms with Gasteiger partial charge in [-0.1, -0.05) is 12.2 Å². The minimum atomic E-state index is -2.33. The van der Waals surface area contributed by atoms with Gasteiger partial charge < -0.3 is 13.3 Å². The molecule has 0 bridgehead atoms. The van der Waals surface area contributed by atoms with Crippen LogP contribution < -0.4 is 0 Å². The predicted molar refractivity (Wildman–Crippen MR) is 46.4 cm³/mol. The summed E-state index contributed by atoms with van der Waals surface area (Å²) in [5.74, 6) is 0. The van der Waals surface area contributed by atoms with Crippen molar-refractivity contribution in [2.75, 3.05) is 21.3 Å². The van der Waals surface area contributed by atoms with E-state index in [1.165, 1.54) is 0 Å². The molecule has 0 aromatic heterocycles. The predicted octanol–water partition coefficient (Wildman–Crippen LogP) is 1.44. The largest absolute Gasteiger partial charge is 0.504 e. The summed E-state index contributed by atoms with van der Waals surface area (Å²) in [5, 5.41) is 0. The van der Waals surface area contributed by atoms with Crippen LogP contribution in [0.1, 0.15) is 6.92 Å². The second kappa shape index (κ2) is 5.48. The van der Waals surface area contributed by atoms with Crippen molar-refractivity contribution in [2.24, 2.45) is 0 Å². The highest BCUT2D eigenvalue weighted by Gasteiger charge is 2.35. The van der Waals surface area contributed by atoms with Crippen molar-refractivity contribution in [1.29, 1.82) is 0 Å². The summed E-state index contributed by atoms with van der Waals surface area (Å²) in [4.78, 5) is 0. The number of allylic oxidation sites excluding steroid dienone is 2. The van der Waals surface area contributed by atoms with Crippen molar-refractivity contribution < 1.29 is 13.3 Å². The van der Waals surface area contributed by atoms with Crippen LogP contribution in [0.2, 0.25) is 6.04 Å². The summed E-state index contributed by atoms with van der Waals surface area (Å²) in [6.45, 7) is 1.96. The standard InChI is InChI=1S/C7H16O3Si/c1-5-6-7-11(8-2,9-3)10-4/h5-6H,7H2,1-4H3. The Morgan fingerprint density at radius 3 is 1.82 bits per heavy atom. The van der Waals surface area contributed by atoms with Crippen molar-refractivity contribution in [1.82, 2.24) is 0 Å². The minimum Gasteiger partial charge on any atom is -0.377 e. The van der Waals surface area contributed by atoms with Gasteiger partial charge in [0, 0.05) is 27.4 Å². The Labute approximate surface area is 69.3 Å². The molecule has 4 heteroatoms. The minimum absolute atomic E-state index is 0.729. The summed E-state index contributed by atoms with van der Waals surface area (Å²) in [6.07, 6.45) is 3.95. The lowest BCUT2D eigenvalue weighted by molar-refractivity contribution is 0.127. The van der Waals surface area contributed by atoms with Crippen molar-refractivity contribution >= 4 is 8.80 Å². The molecule has 0 spiro atoms. The molecule has 0 saturated carbocycles. The molecule has 0 heterocycles. The van der Waals surface area contributed by atoms with E-state index in [2.05, 4.69) is 0 Å². The van der Waals surface area contributed by atoms with Gasteiger partial charge in [-0.15, -0.1) is 0 Å². The Balaban J connectivity index is 4.04. The highest BCUT2D eigenvalue weighted by Crippen LogP contribution is 2.12. The summed E-state index contributed by atoms with van der Waals surface area (Å²) in [7, 11) is 2.52. The Hall–Kier alpha value is -0.163. The van der Waals surface area contributed by atoms with Gasteiger partial charge in [0.15, 0.2) is 0 Å². The molecule has 0 aliphatic rings. The van der Waals surface area contributed by atoms with Crippen LogP contribution in [-0.4, -0.2) is 30.1 Å². The van der Waals surface area contributed by atoms with E-state index in [-0.39, 0.29) is 0 Å². The van der Waals surface area contributed by atoms with Crippen molar-refractivity contribution in [2.45, 2.75) is 13.0 Å². The molecular formula is C7H16O3Si. The van der Waals surface area contributed by atoms with Crippen LogP contribution >= 0.6 is 0 Å². The van der Waals surface area contributed by atoms with Crippen molar-refractivity contribution in [3.8, 4) is 0 Å². The molecular weight excluding hydrogens is 160 g/mol. The smallest absolute Gasteiger partial charge is 0.377 e. The maximum absolute atomic E-state index is 5.18. The molecule has 0 rings (SSSR count). The first-order valence-corrected chi connectivity index (χ1v) is 5.44. The molecule has 0 aromatic carbocycles. The number of hydrogen-bond donors (Lipinski definition) is 0. The zero-order valence-corrected chi connectivity index (χ0v) is 8.59. The fraction of sp³-hybridized carbons (Fsp3) is 0.714. The molecule has 66 valence electrons. The van der Waals surface area contributed by atoms with Gasteiger partial charge in [-0.05, 0) is 6.92 Å². The summed E-state index contributed by atoms with van der Waals surface area (Å²) < 4.78 is 15.5. The second-order valence-corrected chi connectivity index (χ2v) is 5.07. The monoisotopic (exact) mass is 176 g/mol. The van der Waals surface area contributed by atoms with Gasteiger partial charge in [0.25, 0.3) is 0 Å². The molecule has 0 aromatic rings. The lowest BCUT2D eigenvalue weighted by Gasteiger charge is -2.22. The molecule has 0 fully saturated rings. The molecule has 0 unspecified atom stereocenters. The van der Waals surface area contributed by atoms with Crippen molar-refractivity contribution in [3.63, 3.8) is 0 Å². The van der Waals surface area contributed by atoms with Gasteiger partial charge in [0.2, 0.25) is 0 Å². The van der Waals surface area contributed by atoms with Gasteiger partial charge in [-0.2, -0.15) is 0 Å². The first-order chi connectivity index (χ1) is 5.24. The van der Waals surface area contributed by atoms with Crippen LogP contribution in [0.5, 0.6) is 0 Å². The molecule has 0 radical (unpaired) electrons.